The summed E-state index contributed by atoms with van der Waals surface area (Å²) in [7, 11) is -1.82. The molecule has 2 aromatic carbocycles. The van der Waals surface area contributed by atoms with E-state index in [0.717, 1.165) is 22.3 Å². The first kappa shape index (κ1) is 25.1. The molecule has 3 rings (SSSR count). The molecule has 0 aliphatic carbocycles. The monoisotopic (exact) mass is 466 g/mol. The van der Waals surface area contributed by atoms with Crippen molar-refractivity contribution in [3.05, 3.63) is 64.3 Å². The molecule has 3 aromatic rings. The number of aromatic nitrogens is 1. The number of carbonyl (C=O) groups is 1. The number of nitrogens with zero attached hydrogens (tertiary/aromatic N) is 1. The van der Waals surface area contributed by atoms with Gasteiger partial charge in [-0.15, -0.1) is 0 Å². The Balaban J connectivity index is 2.15. The molecular formula is C27H38N2O3Si. The quantitative estimate of drug-likeness (QED) is 0.343. The van der Waals surface area contributed by atoms with Crippen molar-refractivity contribution in [2.45, 2.75) is 78.6 Å². The number of carboxylic acid groups (broad SMARTS) is 1. The predicted octanol–water partition coefficient (Wildman–Crippen LogP) is 7.41. The maximum atomic E-state index is 11.4. The van der Waals surface area contributed by atoms with E-state index in [1.165, 1.54) is 16.5 Å². The lowest BCUT2D eigenvalue weighted by Gasteiger charge is -2.38. The van der Waals surface area contributed by atoms with Crippen LogP contribution in [0.25, 0.3) is 10.9 Å². The Kier molecular flexibility index (Phi) is 6.57. The molecule has 0 saturated heterocycles. The van der Waals surface area contributed by atoms with Crippen molar-refractivity contribution in [1.29, 1.82) is 0 Å². The predicted molar refractivity (Wildman–Crippen MR) is 140 cm³/mol. The average molecular weight is 467 g/mol. The molecule has 0 radical (unpaired) electrons. The molecule has 0 fully saturated rings. The van der Waals surface area contributed by atoms with Crippen molar-refractivity contribution < 1.29 is 15.0 Å². The van der Waals surface area contributed by atoms with Crippen LogP contribution >= 0.6 is 0 Å². The fourth-order valence-electron chi connectivity index (χ4n) is 4.50. The van der Waals surface area contributed by atoms with Crippen LogP contribution in [0.1, 0.15) is 74.5 Å². The Morgan fingerprint density at radius 2 is 1.64 bits per heavy atom. The van der Waals surface area contributed by atoms with Crippen LogP contribution in [0.3, 0.4) is 0 Å². The molecule has 6 heteroatoms. The van der Waals surface area contributed by atoms with Gasteiger partial charge >= 0.3 is 6.09 Å². The standard InChI is InChI=1S/C27H38N2O3Si/c1-16(2)22-15-29(33(8,9)27(5,6)7)23-11-10-19(14-21(22)23)25(30)24-17(3)12-20(13-18(24)4)28-26(31)32/h10-16,25,28,30H,1-9H3,(H,31,32). The van der Waals surface area contributed by atoms with Crippen LogP contribution in [0.4, 0.5) is 10.5 Å². The van der Waals surface area contributed by atoms with E-state index >= 15 is 0 Å². The number of aliphatic hydroxyl groups is 1. The minimum Gasteiger partial charge on any atom is -0.465 e. The SMILES string of the molecule is Cc1cc(NC(=O)O)cc(C)c1C(O)c1ccc2c(c1)c(C(C)C)cn2[Si](C)(C)C(C)(C)C. The number of rotatable bonds is 5. The van der Waals surface area contributed by atoms with E-state index in [2.05, 4.69) is 75.6 Å². The van der Waals surface area contributed by atoms with Gasteiger partial charge in [0.05, 0.1) is 0 Å². The smallest absolute Gasteiger partial charge is 0.409 e. The lowest BCUT2D eigenvalue weighted by atomic mass is 9.91. The third-order valence-electron chi connectivity index (χ3n) is 7.35. The first-order chi connectivity index (χ1) is 15.1. The zero-order chi connectivity index (χ0) is 24.9. The molecule has 0 saturated carbocycles. The Morgan fingerprint density at radius 1 is 1.06 bits per heavy atom. The van der Waals surface area contributed by atoms with Crippen LogP contribution in [0, 0.1) is 13.8 Å². The molecule has 1 unspecified atom stereocenters. The summed E-state index contributed by atoms with van der Waals surface area (Å²) in [4.78, 5) is 11.0. The average Bonchev–Trinajstić information content (AvgIpc) is 3.05. The summed E-state index contributed by atoms with van der Waals surface area (Å²) in [6, 6.07) is 9.87. The van der Waals surface area contributed by atoms with Gasteiger partial charge in [-0.3, -0.25) is 5.32 Å². The second kappa shape index (κ2) is 8.65. The van der Waals surface area contributed by atoms with Crippen LogP contribution < -0.4 is 5.32 Å². The zero-order valence-electron chi connectivity index (χ0n) is 21.4. The highest BCUT2D eigenvalue weighted by Crippen LogP contribution is 2.41. The molecule has 5 nitrogen and oxygen atoms in total. The number of hydrogen-bond acceptors (Lipinski definition) is 2. The molecule has 1 aromatic heterocycles. The van der Waals surface area contributed by atoms with Gasteiger partial charge in [0.1, 0.15) is 6.10 Å². The summed E-state index contributed by atoms with van der Waals surface area (Å²) in [5, 5.41) is 24.2. The van der Waals surface area contributed by atoms with E-state index in [1.54, 1.807) is 12.1 Å². The molecule has 1 atom stereocenters. The van der Waals surface area contributed by atoms with Crippen molar-refractivity contribution in [2.24, 2.45) is 0 Å². The highest BCUT2D eigenvalue weighted by atomic mass is 28.3. The second-order valence-electron chi connectivity index (χ2n) is 11.1. The van der Waals surface area contributed by atoms with Crippen molar-refractivity contribution >= 4 is 30.9 Å². The van der Waals surface area contributed by atoms with Gasteiger partial charge in [0.2, 0.25) is 0 Å². The second-order valence-corrected chi connectivity index (χ2v) is 16.2. The number of aliphatic hydroxyl groups excluding tert-OH is 1. The fraction of sp³-hybridized carbons (Fsp3) is 0.444. The molecule has 33 heavy (non-hydrogen) atoms. The van der Waals surface area contributed by atoms with E-state index in [4.69, 9.17) is 5.11 Å². The normalized spacial score (nSPS) is 13.5. The first-order valence-electron chi connectivity index (χ1n) is 11.6. The van der Waals surface area contributed by atoms with E-state index in [0.29, 0.717) is 11.6 Å². The van der Waals surface area contributed by atoms with Gasteiger partial charge in [-0.1, -0.05) is 53.8 Å². The first-order valence-corrected chi connectivity index (χ1v) is 14.5. The highest BCUT2D eigenvalue weighted by Gasteiger charge is 2.38. The van der Waals surface area contributed by atoms with Crippen LogP contribution in [-0.2, 0) is 0 Å². The molecule has 3 N–H and O–H groups in total. The van der Waals surface area contributed by atoms with Crippen molar-refractivity contribution in [2.75, 3.05) is 5.32 Å². The summed E-state index contributed by atoms with van der Waals surface area (Å²) in [6.07, 6.45) is 0.454. The van der Waals surface area contributed by atoms with Crippen molar-refractivity contribution in [3.8, 4) is 0 Å². The Bertz CT molecular complexity index is 1180. The summed E-state index contributed by atoms with van der Waals surface area (Å²) >= 11 is 0. The molecule has 178 valence electrons. The Morgan fingerprint density at radius 3 is 2.12 bits per heavy atom. The van der Waals surface area contributed by atoms with Gasteiger partial charge in [-0.05, 0) is 83.1 Å². The van der Waals surface area contributed by atoms with Gasteiger partial charge in [0, 0.05) is 16.6 Å². The van der Waals surface area contributed by atoms with Gasteiger partial charge < -0.3 is 14.4 Å². The van der Waals surface area contributed by atoms with E-state index < -0.39 is 20.4 Å². The van der Waals surface area contributed by atoms with Crippen molar-refractivity contribution in [1.82, 2.24) is 4.23 Å². The summed E-state index contributed by atoms with van der Waals surface area (Å²) in [5.41, 5.74) is 6.43. The minimum absolute atomic E-state index is 0.200. The third kappa shape index (κ3) is 4.59. The molecular weight excluding hydrogens is 428 g/mol. The van der Waals surface area contributed by atoms with Gasteiger partial charge in [-0.2, -0.15) is 0 Å². The largest absolute Gasteiger partial charge is 0.465 e. The van der Waals surface area contributed by atoms with Crippen LogP contribution in [0.5, 0.6) is 0 Å². The maximum Gasteiger partial charge on any atom is 0.409 e. The summed E-state index contributed by atoms with van der Waals surface area (Å²) in [6.45, 7) is 20.1. The number of benzene rings is 2. The zero-order valence-corrected chi connectivity index (χ0v) is 22.4. The number of anilines is 1. The number of hydrogen-bond donors (Lipinski definition) is 3. The van der Waals surface area contributed by atoms with E-state index in [9.17, 15) is 9.90 Å². The van der Waals surface area contributed by atoms with Crippen molar-refractivity contribution in [3.63, 3.8) is 0 Å². The molecule has 0 spiro atoms. The topological polar surface area (TPSA) is 74.5 Å². The number of amides is 1. The summed E-state index contributed by atoms with van der Waals surface area (Å²) in [5.74, 6) is 0.371. The number of nitrogens with one attached hydrogen (secondary N) is 1. The molecule has 0 bridgehead atoms. The molecule has 1 heterocycles. The molecule has 0 aliphatic heterocycles. The Labute approximate surface area is 198 Å². The number of aryl methyl sites for hydroxylation is 2. The van der Waals surface area contributed by atoms with Gasteiger partial charge in [0.25, 0.3) is 0 Å². The summed E-state index contributed by atoms with van der Waals surface area (Å²) < 4.78 is 2.52. The molecule has 0 aliphatic rings. The lowest BCUT2D eigenvalue weighted by Crippen LogP contribution is -2.44. The van der Waals surface area contributed by atoms with Gasteiger partial charge in [-0.25, -0.2) is 4.79 Å². The Hall–Kier alpha value is -2.57. The highest BCUT2D eigenvalue weighted by molar-refractivity contribution is 6.79. The van der Waals surface area contributed by atoms with Crippen LogP contribution in [-0.4, -0.2) is 28.8 Å². The van der Waals surface area contributed by atoms with Crippen LogP contribution in [0.15, 0.2) is 36.5 Å². The van der Waals surface area contributed by atoms with Gasteiger partial charge in [0.15, 0.2) is 8.24 Å². The molecule has 1 amide bonds. The van der Waals surface area contributed by atoms with E-state index in [-0.39, 0.29) is 5.04 Å². The lowest BCUT2D eigenvalue weighted by molar-refractivity contribution is 0.209. The minimum atomic E-state index is -1.82. The fourth-order valence-corrected chi connectivity index (χ4v) is 6.48. The van der Waals surface area contributed by atoms with Crippen LogP contribution in [0.2, 0.25) is 18.1 Å². The third-order valence-corrected chi connectivity index (χ3v) is 12.6. The van der Waals surface area contributed by atoms with E-state index in [1.807, 2.05) is 19.9 Å². The number of fused-ring (bicyclic) bond motifs is 1. The maximum absolute atomic E-state index is 11.4.